The molecule has 0 aliphatic carbocycles. The highest BCUT2D eigenvalue weighted by Crippen LogP contribution is 2.07. The molecule has 0 aliphatic rings. The van der Waals surface area contributed by atoms with Gasteiger partial charge in [0.15, 0.2) is 0 Å². The van der Waals surface area contributed by atoms with Crippen molar-refractivity contribution in [1.82, 2.24) is 5.32 Å². The molecule has 0 heterocycles. The summed E-state index contributed by atoms with van der Waals surface area (Å²) in [6.07, 6.45) is 0.811. The number of hydrogen-bond acceptors (Lipinski definition) is 2. The first kappa shape index (κ1) is 11.4. The molecule has 0 rings (SSSR count). The van der Waals surface area contributed by atoms with Gasteiger partial charge in [-0.25, -0.2) is 0 Å². The van der Waals surface area contributed by atoms with Gasteiger partial charge in [-0.05, 0) is 26.8 Å². The maximum Gasteiger partial charge on any atom is 0.222 e. The van der Waals surface area contributed by atoms with Crippen molar-refractivity contribution in [2.45, 2.75) is 39.7 Å². The fourth-order valence-electron chi connectivity index (χ4n) is 0.901. The fraction of sp³-hybridized carbons (Fsp3) is 0.889. The minimum Gasteiger partial charge on any atom is -0.351 e. The van der Waals surface area contributed by atoms with Crippen molar-refractivity contribution < 1.29 is 4.79 Å². The summed E-state index contributed by atoms with van der Waals surface area (Å²) in [7, 11) is 0. The second-order valence-electron chi connectivity index (χ2n) is 4.07. The van der Waals surface area contributed by atoms with E-state index in [1.165, 1.54) is 0 Å². The van der Waals surface area contributed by atoms with E-state index < -0.39 is 0 Å². The topological polar surface area (TPSA) is 55.1 Å². The van der Waals surface area contributed by atoms with Gasteiger partial charge in [0.1, 0.15) is 0 Å². The summed E-state index contributed by atoms with van der Waals surface area (Å²) >= 11 is 0. The van der Waals surface area contributed by atoms with Gasteiger partial charge in [0.05, 0.1) is 0 Å². The minimum absolute atomic E-state index is 0.0436. The smallest absolute Gasteiger partial charge is 0.222 e. The molecule has 0 aliphatic heterocycles. The first-order valence-corrected chi connectivity index (χ1v) is 4.41. The lowest BCUT2D eigenvalue weighted by Crippen LogP contribution is -2.46. The van der Waals surface area contributed by atoms with Crippen molar-refractivity contribution in [2.24, 2.45) is 11.7 Å². The van der Waals surface area contributed by atoms with Crippen molar-refractivity contribution in [2.75, 3.05) is 6.54 Å². The molecule has 12 heavy (non-hydrogen) atoms. The predicted octanol–water partition coefficient (Wildman–Crippen LogP) is 0.886. The Hall–Kier alpha value is -0.570. The molecule has 0 saturated carbocycles. The third-order valence-corrected chi connectivity index (χ3v) is 1.76. The Morgan fingerprint density at radius 1 is 1.50 bits per heavy atom. The third kappa shape index (κ3) is 4.34. The quantitative estimate of drug-likeness (QED) is 0.661. The molecule has 0 bridgehead atoms. The molecule has 72 valence electrons. The third-order valence-electron chi connectivity index (χ3n) is 1.76. The van der Waals surface area contributed by atoms with Gasteiger partial charge in [-0.3, -0.25) is 4.79 Å². The number of rotatable bonds is 4. The molecule has 3 N–H and O–H groups in total. The summed E-state index contributed by atoms with van der Waals surface area (Å²) in [5.74, 6) is 0.135. The number of nitrogens with two attached hydrogens (primary N) is 1. The van der Waals surface area contributed by atoms with Crippen molar-refractivity contribution in [3.63, 3.8) is 0 Å². The van der Waals surface area contributed by atoms with Gasteiger partial charge >= 0.3 is 0 Å². The monoisotopic (exact) mass is 172 g/mol. The Bertz CT molecular complexity index is 153. The summed E-state index contributed by atoms with van der Waals surface area (Å²) in [4.78, 5) is 11.3. The van der Waals surface area contributed by atoms with E-state index in [4.69, 9.17) is 5.73 Å². The van der Waals surface area contributed by atoms with Gasteiger partial charge in [-0.1, -0.05) is 13.8 Å². The summed E-state index contributed by atoms with van der Waals surface area (Å²) in [5.41, 5.74) is 5.24. The lowest BCUT2D eigenvalue weighted by Gasteiger charge is -2.26. The minimum atomic E-state index is -0.171. The molecule has 3 heteroatoms. The highest BCUT2D eigenvalue weighted by molar-refractivity contribution is 5.78. The first-order valence-electron chi connectivity index (χ1n) is 4.41. The van der Waals surface area contributed by atoms with Gasteiger partial charge in [0.25, 0.3) is 0 Å². The van der Waals surface area contributed by atoms with E-state index in [1.54, 1.807) is 0 Å². The molecule has 0 fully saturated rings. The molecule has 0 unspecified atom stereocenters. The van der Waals surface area contributed by atoms with Crippen molar-refractivity contribution in [3.05, 3.63) is 0 Å². The van der Waals surface area contributed by atoms with Crippen LogP contribution in [0.1, 0.15) is 34.1 Å². The highest BCUT2D eigenvalue weighted by atomic mass is 16.2. The Balaban J connectivity index is 3.96. The van der Waals surface area contributed by atoms with Crippen LogP contribution in [0.4, 0.5) is 0 Å². The van der Waals surface area contributed by atoms with Gasteiger partial charge in [0.2, 0.25) is 5.91 Å². The second-order valence-corrected chi connectivity index (χ2v) is 4.07. The van der Waals surface area contributed by atoms with Crippen LogP contribution in [-0.2, 0) is 4.79 Å². The number of carbonyl (C=O) groups is 1. The SMILES string of the molecule is CC(C)C(=O)NC(C)(C)CCN. The lowest BCUT2D eigenvalue weighted by molar-refractivity contribution is -0.125. The van der Waals surface area contributed by atoms with E-state index in [2.05, 4.69) is 5.32 Å². The zero-order valence-corrected chi connectivity index (χ0v) is 8.48. The second kappa shape index (κ2) is 4.45. The van der Waals surface area contributed by atoms with E-state index in [-0.39, 0.29) is 17.4 Å². The van der Waals surface area contributed by atoms with Crippen LogP contribution in [0.5, 0.6) is 0 Å². The summed E-state index contributed by atoms with van der Waals surface area (Å²) in [6.45, 7) is 8.34. The van der Waals surface area contributed by atoms with Crippen LogP contribution in [0.3, 0.4) is 0 Å². The number of amides is 1. The zero-order valence-electron chi connectivity index (χ0n) is 8.48. The maximum atomic E-state index is 11.3. The van der Waals surface area contributed by atoms with Crippen LogP contribution in [-0.4, -0.2) is 18.0 Å². The first-order chi connectivity index (χ1) is 5.39. The summed E-state index contributed by atoms with van der Waals surface area (Å²) < 4.78 is 0. The van der Waals surface area contributed by atoms with Crippen molar-refractivity contribution in [3.8, 4) is 0 Å². The van der Waals surface area contributed by atoms with Gasteiger partial charge in [-0.2, -0.15) is 0 Å². The zero-order chi connectivity index (χ0) is 9.78. The number of carbonyl (C=O) groups excluding carboxylic acids is 1. The molecule has 0 atom stereocenters. The Morgan fingerprint density at radius 2 is 2.00 bits per heavy atom. The van der Waals surface area contributed by atoms with Crippen LogP contribution in [0, 0.1) is 5.92 Å². The normalized spacial score (nSPS) is 11.8. The van der Waals surface area contributed by atoms with E-state index in [9.17, 15) is 4.79 Å². The van der Waals surface area contributed by atoms with Crippen LogP contribution in [0.25, 0.3) is 0 Å². The van der Waals surface area contributed by atoms with E-state index in [0.29, 0.717) is 6.54 Å². The van der Waals surface area contributed by atoms with Gasteiger partial charge < -0.3 is 11.1 Å². The average Bonchev–Trinajstić information content (AvgIpc) is 1.85. The van der Waals surface area contributed by atoms with Crippen LogP contribution in [0.15, 0.2) is 0 Å². The summed E-state index contributed by atoms with van der Waals surface area (Å²) in [5, 5.41) is 2.94. The maximum absolute atomic E-state index is 11.3. The molecule has 1 amide bonds. The summed E-state index contributed by atoms with van der Waals surface area (Å²) in [6, 6.07) is 0. The van der Waals surface area contributed by atoms with E-state index in [1.807, 2.05) is 27.7 Å². The number of hydrogen-bond donors (Lipinski definition) is 2. The molecular weight excluding hydrogens is 152 g/mol. The van der Waals surface area contributed by atoms with Gasteiger partial charge in [0, 0.05) is 11.5 Å². The van der Waals surface area contributed by atoms with Gasteiger partial charge in [-0.15, -0.1) is 0 Å². The van der Waals surface area contributed by atoms with E-state index in [0.717, 1.165) is 6.42 Å². The molecule has 0 aromatic carbocycles. The molecule has 0 aromatic heterocycles. The Labute approximate surface area is 74.7 Å². The number of nitrogens with one attached hydrogen (secondary N) is 1. The lowest BCUT2D eigenvalue weighted by atomic mass is 10.00. The predicted molar refractivity (Wildman–Crippen MR) is 50.7 cm³/mol. The molecule has 0 spiro atoms. The van der Waals surface area contributed by atoms with E-state index >= 15 is 0 Å². The largest absolute Gasteiger partial charge is 0.351 e. The fourth-order valence-corrected chi connectivity index (χ4v) is 0.901. The molecule has 0 radical (unpaired) electrons. The molecule has 0 saturated heterocycles. The standard InChI is InChI=1S/C9H20N2O/c1-7(2)8(12)11-9(3,4)5-6-10/h7H,5-6,10H2,1-4H3,(H,11,12). The van der Waals surface area contributed by atoms with Crippen LogP contribution in [0.2, 0.25) is 0 Å². The average molecular weight is 172 g/mol. The highest BCUT2D eigenvalue weighted by Gasteiger charge is 2.20. The molecule has 3 nitrogen and oxygen atoms in total. The van der Waals surface area contributed by atoms with Crippen LogP contribution >= 0.6 is 0 Å². The Kier molecular flexibility index (Phi) is 4.24. The molecule has 0 aromatic rings. The van der Waals surface area contributed by atoms with Crippen molar-refractivity contribution in [1.29, 1.82) is 0 Å². The molecular formula is C9H20N2O. The van der Waals surface area contributed by atoms with Crippen molar-refractivity contribution >= 4 is 5.91 Å². The van der Waals surface area contributed by atoms with Crippen LogP contribution < -0.4 is 11.1 Å². The Morgan fingerprint density at radius 3 is 2.33 bits per heavy atom.